The summed E-state index contributed by atoms with van der Waals surface area (Å²) < 4.78 is 59.2. The van der Waals surface area contributed by atoms with E-state index in [1.54, 1.807) is 0 Å². The maximum Gasteiger partial charge on any atom is 0.416 e. The Bertz CT molecular complexity index is 1470. The molecule has 1 N–H and O–H groups in total. The van der Waals surface area contributed by atoms with Crippen LogP contribution in [0.4, 0.5) is 23.2 Å². The van der Waals surface area contributed by atoms with E-state index in [0.29, 0.717) is 5.56 Å². The van der Waals surface area contributed by atoms with Gasteiger partial charge < -0.3 is 14.5 Å². The molecule has 1 aliphatic heterocycles. The summed E-state index contributed by atoms with van der Waals surface area (Å²) in [7, 11) is 0. The van der Waals surface area contributed by atoms with Crippen molar-refractivity contribution >= 4 is 17.5 Å². The van der Waals surface area contributed by atoms with Crippen LogP contribution in [-0.2, 0) is 22.3 Å². The Balaban J connectivity index is 1.48. The molecule has 202 valence electrons. The number of aliphatic hydroxyl groups is 1. The van der Waals surface area contributed by atoms with Crippen molar-refractivity contribution in [3.63, 3.8) is 0 Å². The number of halogens is 4. The Morgan fingerprint density at radius 1 is 1.21 bits per heavy atom. The van der Waals surface area contributed by atoms with Crippen molar-refractivity contribution in [1.82, 2.24) is 15.0 Å². The van der Waals surface area contributed by atoms with Crippen molar-refractivity contribution < 1.29 is 36.8 Å². The lowest BCUT2D eigenvalue weighted by molar-refractivity contribution is -0.160. The summed E-state index contributed by atoms with van der Waals surface area (Å²) in [6.45, 7) is 0.805. The minimum absolute atomic E-state index is 0.0358. The van der Waals surface area contributed by atoms with E-state index < -0.39 is 53.5 Å². The first-order valence-electron chi connectivity index (χ1n) is 11.9. The quantitative estimate of drug-likeness (QED) is 0.485. The molecule has 1 atom stereocenters. The van der Waals surface area contributed by atoms with Crippen LogP contribution in [0.5, 0.6) is 0 Å². The van der Waals surface area contributed by atoms with Crippen molar-refractivity contribution in [2.75, 3.05) is 11.4 Å². The minimum Gasteiger partial charge on any atom is -0.385 e. The Hall–Kier alpha value is -4.31. The molecule has 1 aliphatic carbocycles. The summed E-state index contributed by atoms with van der Waals surface area (Å²) in [5.41, 5.74) is -2.06. The van der Waals surface area contributed by atoms with Crippen molar-refractivity contribution in [1.29, 1.82) is 5.26 Å². The van der Waals surface area contributed by atoms with Gasteiger partial charge in [-0.3, -0.25) is 14.5 Å². The molecule has 2 amide bonds. The average molecular weight is 543 g/mol. The highest BCUT2D eigenvalue weighted by Crippen LogP contribution is 2.51. The van der Waals surface area contributed by atoms with E-state index in [4.69, 9.17) is 9.78 Å². The van der Waals surface area contributed by atoms with Gasteiger partial charge in [-0.25, -0.2) is 4.39 Å². The highest BCUT2D eigenvalue weighted by Gasteiger charge is 2.61. The number of aromatic nitrogens is 2. The largest absolute Gasteiger partial charge is 0.416 e. The second-order valence-electron chi connectivity index (χ2n) is 9.65. The van der Waals surface area contributed by atoms with Gasteiger partial charge in [0.2, 0.25) is 11.8 Å². The summed E-state index contributed by atoms with van der Waals surface area (Å²) in [6.07, 6.45) is -5.44. The van der Waals surface area contributed by atoms with E-state index in [2.05, 4.69) is 10.1 Å². The van der Waals surface area contributed by atoms with Gasteiger partial charge in [0, 0.05) is 12.5 Å². The molecule has 1 spiro atoms. The molecule has 13 heteroatoms. The van der Waals surface area contributed by atoms with Crippen molar-refractivity contribution in [2.24, 2.45) is 0 Å². The number of rotatable bonds is 5. The van der Waals surface area contributed by atoms with Crippen molar-refractivity contribution in [3.8, 4) is 6.07 Å². The Morgan fingerprint density at radius 3 is 2.46 bits per heavy atom. The fraction of sp³-hybridized carbons (Fsp3) is 0.346. The van der Waals surface area contributed by atoms with Gasteiger partial charge in [-0.2, -0.15) is 23.4 Å². The fourth-order valence-electron chi connectivity index (χ4n) is 5.02. The summed E-state index contributed by atoms with van der Waals surface area (Å²) >= 11 is 0. The van der Waals surface area contributed by atoms with Gasteiger partial charge in [-0.05, 0) is 55.7 Å². The van der Waals surface area contributed by atoms with Crippen LogP contribution in [0.2, 0.25) is 0 Å². The number of aliphatic hydroxyl groups excluding tert-OH is 1. The van der Waals surface area contributed by atoms with Gasteiger partial charge in [0.05, 0.1) is 22.9 Å². The monoisotopic (exact) mass is 543 g/mol. The maximum absolute atomic E-state index is 14.9. The van der Waals surface area contributed by atoms with Gasteiger partial charge in [-0.15, -0.1) is 0 Å². The Kier molecular flexibility index (Phi) is 6.38. The normalized spacial score (nSPS) is 22.1. The van der Waals surface area contributed by atoms with E-state index in [1.807, 2.05) is 6.07 Å². The fourth-order valence-corrected chi connectivity index (χ4v) is 5.02. The van der Waals surface area contributed by atoms with E-state index >= 15 is 0 Å². The van der Waals surface area contributed by atoms with Crippen LogP contribution in [0.25, 0.3) is 0 Å². The predicted octanol–water partition coefficient (Wildman–Crippen LogP) is 3.84. The molecule has 39 heavy (non-hydrogen) atoms. The first-order chi connectivity index (χ1) is 18.4. The third kappa shape index (κ3) is 4.61. The second-order valence-corrected chi connectivity index (χ2v) is 9.65. The molecular weight excluding hydrogens is 522 g/mol. The summed E-state index contributed by atoms with van der Waals surface area (Å²) in [4.78, 5) is 33.8. The summed E-state index contributed by atoms with van der Waals surface area (Å²) in [6, 6.07) is 9.63. The molecule has 9 nitrogen and oxygen atoms in total. The number of amides is 2. The SMILES string of the molecule is CC(O)c1noc([C@H]2C[C@]3(C2)C(=O)N(c2ccc(C#N)cc2F)CC(=O)N3Cc2ccc(C(F)(F)F)cc2)n1. The number of hydrogen-bond donors (Lipinski definition) is 1. The van der Waals surface area contributed by atoms with Crippen LogP contribution in [0.1, 0.15) is 60.2 Å². The number of nitrogens with zero attached hydrogens (tertiary/aromatic N) is 5. The van der Waals surface area contributed by atoms with Crippen molar-refractivity contribution in [2.45, 2.75) is 50.0 Å². The number of anilines is 1. The van der Waals surface area contributed by atoms with Gasteiger partial charge in [0.1, 0.15) is 24.0 Å². The van der Waals surface area contributed by atoms with E-state index in [0.717, 1.165) is 23.1 Å². The van der Waals surface area contributed by atoms with Gasteiger partial charge in [0.15, 0.2) is 5.82 Å². The van der Waals surface area contributed by atoms with E-state index in [1.165, 1.54) is 36.1 Å². The summed E-state index contributed by atoms with van der Waals surface area (Å²) in [5, 5.41) is 22.5. The van der Waals surface area contributed by atoms with Crippen LogP contribution in [-0.4, -0.2) is 44.0 Å². The van der Waals surface area contributed by atoms with Crippen LogP contribution < -0.4 is 4.90 Å². The number of benzene rings is 2. The lowest BCUT2D eigenvalue weighted by atomic mass is 9.65. The topological polar surface area (TPSA) is 124 Å². The maximum atomic E-state index is 14.9. The highest BCUT2D eigenvalue weighted by molar-refractivity contribution is 6.10. The van der Waals surface area contributed by atoms with Gasteiger partial charge in [0.25, 0.3) is 5.91 Å². The number of carbonyl (C=O) groups excluding carboxylic acids is 2. The number of carbonyl (C=O) groups is 2. The van der Waals surface area contributed by atoms with Gasteiger partial charge in [-0.1, -0.05) is 17.3 Å². The predicted molar refractivity (Wildman–Crippen MR) is 125 cm³/mol. The zero-order valence-corrected chi connectivity index (χ0v) is 20.4. The molecule has 1 aromatic heterocycles. The lowest BCUT2D eigenvalue weighted by Crippen LogP contribution is -2.72. The Morgan fingerprint density at radius 2 is 1.90 bits per heavy atom. The smallest absolute Gasteiger partial charge is 0.385 e. The number of alkyl halides is 3. The van der Waals surface area contributed by atoms with Crippen LogP contribution in [0.3, 0.4) is 0 Å². The minimum atomic E-state index is -4.53. The second kappa shape index (κ2) is 9.46. The van der Waals surface area contributed by atoms with Crippen LogP contribution in [0.15, 0.2) is 47.0 Å². The number of nitriles is 1. The zero-order valence-electron chi connectivity index (χ0n) is 20.4. The highest BCUT2D eigenvalue weighted by atomic mass is 19.4. The molecule has 3 aromatic rings. The van der Waals surface area contributed by atoms with Crippen LogP contribution in [0, 0.1) is 17.1 Å². The first-order valence-corrected chi connectivity index (χ1v) is 11.9. The third-order valence-corrected chi connectivity index (χ3v) is 7.09. The van der Waals surface area contributed by atoms with E-state index in [9.17, 15) is 32.3 Å². The average Bonchev–Trinajstić information content (AvgIpc) is 3.35. The molecule has 1 saturated carbocycles. The first kappa shape index (κ1) is 26.3. The lowest BCUT2D eigenvalue weighted by Gasteiger charge is -2.56. The molecule has 5 rings (SSSR count). The molecule has 2 aliphatic rings. The molecule has 1 unspecified atom stereocenters. The standard InChI is InChI=1S/C26H21F4N5O4/c1-14(36)22-32-23(39-33-22)17-9-25(10-17)24(38)34(20-7-4-16(11-31)8-19(20)27)13-21(37)35(25)12-15-2-5-18(6-3-15)26(28,29)30/h2-8,14,17,36H,9-10,12-13H2,1H3/t14?,17-,25-. The zero-order chi connectivity index (χ0) is 28.1. The molecule has 1 saturated heterocycles. The number of hydrogen-bond acceptors (Lipinski definition) is 7. The van der Waals surface area contributed by atoms with E-state index in [-0.39, 0.29) is 42.4 Å². The molecule has 2 heterocycles. The third-order valence-electron chi connectivity index (χ3n) is 7.09. The summed E-state index contributed by atoms with van der Waals surface area (Å²) in [5.74, 6) is -2.21. The number of piperazine rings is 1. The Labute approximate surface area is 219 Å². The molecular formula is C26H21F4N5O4. The molecule has 2 fully saturated rings. The van der Waals surface area contributed by atoms with Gasteiger partial charge >= 0.3 is 6.18 Å². The molecule has 2 aromatic carbocycles. The van der Waals surface area contributed by atoms with Crippen molar-refractivity contribution in [3.05, 3.63) is 76.7 Å². The molecule has 0 radical (unpaired) electrons. The molecule has 0 bridgehead atoms. The van der Waals surface area contributed by atoms with Crippen LogP contribution >= 0.6 is 0 Å².